The van der Waals surface area contributed by atoms with Crippen LogP contribution in [0.3, 0.4) is 0 Å². The summed E-state index contributed by atoms with van der Waals surface area (Å²) in [6.45, 7) is 3.73. The fourth-order valence-electron chi connectivity index (χ4n) is 3.83. The molecule has 6 nitrogen and oxygen atoms in total. The van der Waals surface area contributed by atoms with Crippen molar-refractivity contribution >= 4 is 15.8 Å². The van der Waals surface area contributed by atoms with Crippen molar-refractivity contribution in [1.82, 2.24) is 14.3 Å². The normalized spacial score (nSPS) is 15.3. The van der Waals surface area contributed by atoms with Crippen LogP contribution in [0.15, 0.2) is 54.6 Å². The molecule has 31 heavy (non-hydrogen) atoms. The van der Waals surface area contributed by atoms with Crippen molar-refractivity contribution in [3.63, 3.8) is 0 Å². The highest BCUT2D eigenvalue weighted by Gasteiger charge is 2.27. The second kappa shape index (κ2) is 8.72. The number of rotatable bonds is 5. The molecule has 2 heterocycles. The van der Waals surface area contributed by atoms with E-state index in [0.717, 1.165) is 22.6 Å². The Morgan fingerprint density at radius 2 is 1.58 bits per heavy atom. The smallest absolute Gasteiger partial charge is 0.211 e. The lowest BCUT2D eigenvalue weighted by molar-refractivity contribution is 0.386. The standard InChI is InChI=1S/C23H25FN4O2S/c1-17-20(16-19-10-6-7-11-21(19)24)23(26-22(25-17)18-8-4-3-5-9-18)27-12-14-28(15-13-27)31(2,29)30/h3-11H,12-16H2,1-2H3. The monoisotopic (exact) mass is 440 g/mol. The predicted molar refractivity (Wildman–Crippen MR) is 120 cm³/mol. The van der Waals surface area contributed by atoms with E-state index in [1.807, 2.05) is 43.3 Å². The Kier molecular flexibility index (Phi) is 6.02. The van der Waals surface area contributed by atoms with Crippen molar-refractivity contribution in [2.75, 3.05) is 37.3 Å². The van der Waals surface area contributed by atoms with Crippen LogP contribution >= 0.6 is 0 Å². The highest BCUT2D eigenvalue weighted by Crippen LogP contribution is 2.29. The maximum absolute atomic E-state index is 14.4. The number of benzene rings is 2. The predicted octanol–water partition coefficient (Wildman–Crippen LogP) is 3.26. The highest BCUT2D eigenvalue weighted by molar-refractivity contribution is 7.88. The molecule has 0 N–H and O–H groups in total. The topological polar surface area (TPSA) is 66.4 Å². The van der Waals surface area contributed by atoms with Gasteiger partial charge in [-0.15, -0.1) is 0 Å². The third kappa shape index (κ3) is 4.75. The van der Waals surface area contributed by atoms with E-state index in [1.54, 1.807) is 12.1 Å². The molecule has 0 unspecified atom stereocenters. The van der Waals surface area contributed by atoms with Crippen molar-refractivity contribution in [2.45, 2.75) is 13.3 Å². The van der Waals surface area contributed by atoms with Gasteiger partial charge < -0.3 is 4.90 Å². The Bertz CT molecular complexity index is 1180. The van der Waals surface area contributed by atoms with Crippen LogP contribution in [0.5, 0.6) is 0 Å². The number of anilines is 1. The summed E-state index contributed by atoms with van der Waals surface area (Å²) in [6, 6.07) is 16.4. The first-order chi connectivity index (χ1) is 14.8. The molecule has 1 aliphatic rings. The molecule has 0 saturated carbocycles. The van der Waals surface area contributed by atoms with E-state index >= 15 is 0 Å². The van der Waals surface area contributed by atoms with Gasteiger partial charge in [-0.05, 0) is 18.6 Å². The minimum atomic E-state index is -3.23. The first kappa shape index (κ1) is 21.4. The van der Waals surface area contributed by atoms with E-state index < -0.39 is 10.0 Å². The third-order valence-corrected chi connectivity index (χ3v) is 6.86. The molecule has 0 atom stereocenters. The summed E-state index contributed by atoms with van der Waals surface area (Å²) < 4.78 is 39.7. The summed E-state index contributed by atoms with van der Waals surface area (Å²) in [7, 11) is -3.23. The summed E-state index contributed by atoms with van der Waals surface area (Å²) in [5.41, 5.74) is 3.13. The molecule has 8 heteroatoms. The highest BCUT2D eigenvalue weighted by atomic mass is 32.2. The summed E-state index contributed by atoms with van der Waals surface area (Å²) in [5, 5.41) is 0. The lowest BCUT2D eigenvalue weighted by atomic mass is 10.0. The molecule has 1 saturated heterocycles. The zero-order valence-electron chi connectivity index (χ0n) is 17.6. The van der Waals surface area contributed by atoms with Crippen LogP contribution in [-0.2, 0) is 16.4 Å². The number of hydrogen-bond donors (Lipinski definition) is 0. The average molecular weight is 441 g/mol. The van der Waals surface area contributed by atoms with E-state index in [1.165, 1.54) is 16.6 Å². The van der Waals surface area contributed by atoms with Gasteiger partial charge in [0.1, 0.15) is 11.6 Å². The molecule has 0 aliphatic carbocycles. The maximum atomic E-state index is 14.4. The second-order valence-corrected chi connectivity index (χ2v) is 9.70. The molecule has 3 aromatic rings. The van der Waals surface area contributed by atoms with Crippen LogP contribution in [0.4, 0.5) is 10.2 Å². The molecule has 1 aromatic heterocycles. The van der Waals surface area contributed by atoms with Crippen molar-refractivity contribution in [1.29, 1.82) is 0 Å². The summed E-state index contributed by atoms with van der Waals surface area (Å²) >= 11 is 0. The van der Waals surface area contributed by atoms with Gasteiger partial charge in [-0.25, -0.2) is 22.8 Å². The molecule has 1 aliphatic heterocycles. The number of piperazine rings is 1. The van der Waals surface area contributed by atoms with Gasteiger partial charge in [0, 0.05) is 49.4 Å². The first-order valence-electron chi connectivity index (χ1n) is 10.2. The summed E-state index contributed by atoms with van der Waals surface area (Å²) in [4.78, 5) is 11.7. The van der Waals surface area contributed by atoms with Crippen molar-refractivity contribution < 1.29 is 12.8 Å². The van der Waals surface area contributed by atoms with Crippen LogP contribution < -0.4 is 4.90 Å². The Labute approximate surface area is 182 Å². The molecule has 4 rings (SSSR count). The minimum Gasteiger partial charge on any atom is -0.354 e. The Morgan fingerprint density at radius 1 is 0.935 bits per heavy atom. The van der Waals surface area contributed by atoms with E-state index in [0.29, 0.717) is 44.0 Å². The zero-order chi connectivity index (χ0) is 22.0. The van der Waals surface area contributed by atoms with Crippen molar-refractivity contribution in [3.8, 4) is 11.4 Å². The average Bonchev–Trinajstić information content (AvgIpc) is 2.76. The van der Waals surface area contributed by atoms with Crippen LogP contribution in [0.25, 0.3) is 11.4 Å². The Hall–Kier alpha value is -2.84. The fourth-order valence-corrected chi connectivity index (χ4v) is 4.66. The van der Waals surface area contributed by atoms with E-state index in [-0.39, 0.29) is 5.82 Å². The van der Waals surface area contributed by atoms with Gasteiger partial charge in [-0.2, -0.15) is 4.31 Å². The van der Waals surface area contributed by atoms with E-state index in [9.17, 15) is 12.8 Å². The largest absolute Gasteiger partial charge is 0.354 e. The Balaban J connectivity index is 1.75. The number of sulfonamides is 1. The second-order valence-electron chi connectivity index (χ2n) is 7.72. The lowest BCUT2D eigenvalue weighted by Crippen LogP contribution is -2.49. The zero-order valence-corrected chi connectivity index (χ0v) is 18.4. The number of hydrogen-bond acceptors (Lipinski definition) is 5. The molecular formula is C23H25FN4O2S. The van der Waals surface area contributed by atoms with Gasteiger partial charge in [0.2, 0.25) is 10.0 Å². The van der Waals surface area contributed by atoms with E-state index in [2.05, 4.69) is 4.90 Å². The van der Waals surface area contributed by atoms with Gasteiger partial charge in [0.25, 0.3) is 0 Å². The quantitative estimate of drug-likeness (QED) is 0.609. The number of nitrogens with zero attached hydrogens (tertiary/aromatic N) is 4. The molecule has 2 aromatic carbocycles. The fraction of sp³-hybridized carbons (Fsp3) is 0.304. The molecule has 0 spiro atoms. The van der Waals surface area contributed by atoms with Gasteiger partial charge in [0.15, 0.2) is 5.82 Å². The third-order valence-electron chi connectivity index (χ3n) is 5.56. The van der Waals surface area contributed by atoms with Crippen molar-refractivity contribution in [3.05, 3.63) is 77.2 Å². The number of aryl methyl sites for hydroxylation is 1. The van der Waals surface area contributed by atoms with Crippen LogP contribution in [-0.4, -0.2) is 55.1 Å². The molecule has 0 amide bonds. The molecular weight excluding hydrogens is 415 g/mol. The molecule has 162 valence electrons. The van der Waals surface area contributed by atoms with Crippen LogP contribution in [0.2, 0.25) is 0 Å². The first-order valence-corrected chi connectivity index (χ1v) is 12.0. The van der Waals surface area contributed by atoms with Gasteiger partial charge >= 0.3 is 0 Å². The van der Waals surface area contributed by atoms with Crippen molar-refractivity contribution in [2.24, 2.45) is 0 Å². The van der Waals surface area contributed by atoms with Gasteiger partial charge in [-0.3, -0.25) is 0 Å². The maximum Gasteiger partial charge on any atom is 0.211 e. The molecule has 0 bridgehead atoms. The number of halogens is 1. The van der Waals surface area contributed by atoms with Gasteiger partial charge in [-0.1, -0.05) is 48.5 Å². The molecule has 0 radical (unpaired) electrons. The lowest BCUT2D eigenvalue weighted by Gasteiger charge is -2.35. The SMILES string of the molecule is Cc1nc(-c2ccccc2)nc(N2CCN(S(C)(=O)=O)CC2)c1Cc1ccccc1F. The van der Waals surface area contributed by atoms with Crippen LogP contribution in [0.1, 0.15) is 16.8 Å². The van der Waals surface area contributed by atoms with Gasteiger partial charge in [0.05, 0.1) is 6.26 Å². The number of aromatic nitrogens is 2. The summed E-state index contributed by atoms with van der Waals surface area (Å²) in [5.74, 6) is 1.08. The Morgan fingerprint density at radius 3 is 2.23 bits per heavy atom. The molecule has 1 fully saturated rings. The summed E-state index contributed by atoms with van der Waals surface area (Å²) in [6.07, 6.45) is 1.60. The van der Waals surface area contributed by atoms with E-state index in [4.69, 9.17) is 9.97 Å². The van der Waals surface area contributed by atoms with Crippen LogP contribution in [0, 0.1) is 12.7 Å². The minimum absolute atomic E-state index is 0.262.